The molecule has 1 heterocycles. The third-order valence-electron chi connectivity index (χ3n) is 2.04. The fourth-order valence-electron chi connectivity index (χ4n) is 1.08. The number of aliphatic hydroxyl groups excluding tert-OH is 1. The van der Waals surface area contributed by atoms with Crippen LogP contribution >= 0.6 is 12.4 Å². The van der Waals surface area contributed by atoms with Crippen LogP contribution in [0, 0.1) is 5.92 Å². The Labute approximate surface area is 108 Å². The van der Waals surface area contributed by atoms with Crippen LogP contribution in [0.5, 0.6) is 0 Å². The van der Waals surface area contributed by atoms with E-state index in [1.54, 1.807) is 0 Å². The zero-order valence-electron chi connectivity index (χ0n) is 11.0. The molecule has 6 heteroatoms. The molecule has 17 heavy (non-hydrogen) atoms. The van der Waals surface area contributed by atoms with Crippen molar-refractivity contribution in [3.8, 4) is 0 Å². The minimum Gasteiger partial charge on any atom is -0.420 e. The third kappa shape index (κ3) is 5.02. The van der Waals surface area contributed by atoms with Crippen molar-refractivity contribution in [3.63, 3.8) is 0 Å². The predicted molar refractivity (Wildman–Crippen MR) is 68.0 cm³/mol. The molecule has 2 N–H and O–H groups in total. The molecular formula is C11H22ClN3O2. The Kier molecular flexibility index (Phi) is 6.09. The molecule has 1 rings (SSSR count). The number of rotatable bonds is 4. The summed E-state index contributed by atoms with van der Waals surface area (Å²) in [7, 11) is 0. The van der Waals surface area contributed by atoms with Crippen LogP contribution in [0.2, 0.25) is 0 Å². The first-order valence-electron chi connectivity index (χ1n) is 5.56. The van der Waals surface area contributed by atoms with Crippen molar-refractivity contribution in [2.75, 3.05) is 6.54 Å². The van der Waals surface area contributed by atoms with Gasteiger partial charge in [-0.2, -0.15) is 0 Å². The van der Waals surface area contributed by atoms with Crippen molar-refractivity contribution in [3.05, 3.63) is 11.8 Å². The van der Waals surface area contributed by atoms with E-state index >= 15 is 0 Å². The average Bonchev–Trinajstić information content (AvgIpc) is 2.61. The molecule has 0 fully saturated rings. The van der Waals surface area contributed by atoms with Gasteiger partial charge in [-0.25, -0.2) is 0 Å². The van der Waals surface area contributed by atoms with Crippen LogP contribution in [0.25, 0.3) is 0 Å². The van der Waals surface area contributed by atoms with E-state index in [-0.39, 0.29) is 23.7 Å². The van der Waals surface area contributed by atoms with Gasteiger partial charge in [-0.05, 0) is 5.92 Å². The van der Waals surface area contributed by atoms with Gasteiger partial charge in [0.1, 0.15) is 0 Å². The van der Waals surface area contributed by atoms with Crippen molar-refractivity contribution >= 4 is 12.4 Å². The lowest BCUT2D eigenvalue weighted by atomic mass is 9.97. The summed E-state index contributed by atoms with van der Waals surface area (Å²) < 4.78 is 5.41. The lowest BCUT2D eigenvalue weighted by Crippen LogP contribution is -2.25. The lowest BCUT2D eigenvalue weighted by molar-refractivity contribution is 0.101. The molecule has 5 nitrogen and oxygen atoms in total. The van der Waals surface area contributed by atoms with E-state index in [4.69, 9.17) is 4.42 Å². The highest BCUT2D eigenvalue weighted by atomic mass is 35.5. The van der Waals surface area contributed by atoms with Crippen molar-refractivity contribution in [2.24, 2.45) is 5.92 Å². The summed E-state index contributed by atoms with van der Waals surface area (Å²) in [4.78, 5) is 0. The molecule has 0 aliphatic rings. The minimum atomic E-state index is -0.883. The highest BCUT2D eigenvalue weighted by Crippen LogP contribution is 2.21. The van der Waals surface area contributed by atoms with Gasteiger partial charge in [0.05, 0.1) is 0 Å². The number of aliphatic hydroxyl groups is 1. The molecular weight excluding hydrogens is 242 g/mol. The molecule has 0 saturated carbocycles. The van der Waals surface area contributed by atoms with Crippen molar-refractivity contribution < 1.29 is 9.52 Å². The summed E-state index contributed by atoms with van der Waals surface area (Å²) in [6.45, 7) is 10.8. The van der Waals surface area contributed by atoms with Gasteiger partial charge in [-0.1, -0.05) is 34.6 Å². The Bertz CT molecular complexity index is 334. The maximum atomic E-state index is 9.74. The zero-order chi connectivity index (χ0) is 12.3. The predicted octanol–water partition coefficient (Wildman–Crippen LogP) is 2.03. The third-order valence-corrected chi connectivity index (χ3v) is 2.04. The monoisotopic (exact) mass is 263 g/mol. The molecule has 0 radical (unpaired) electrons. The van der Waals surface area contributed by atoms with Crippen molar-refractivity contribution in [2.45, 2.75) is 46.3 Å². The van der Waals surface area contributed by atoms with E-state index in [0.717, 1.165) is 0 Å². The molecule has 1 aromatic rings. The molecule has 0 saturated heterocycles. The topological polar surface area (TPSA) is 71.2 Å². The number of hydrogen-bond acceptors (Lipinski definition) is 5. The standard InChI is InChI=1S/C11H21N3O2.ClH/c1-7(2)6-12-8(15)9-13-14-10(16-9)11(3,4)5;/h7-8,12,15H,6H2,1-5H3;1H. The van der Waals surface area contributed by atoms with Crippen LogP contribution in [-0.4, -0.2) is 21.8 Å². The van der Waals surface area contributed by atoms with Gasteiger partial charge in [0.25, 0.3) is 5.89 Å². The molecule has 1 unspecified atom stereocenters. The molecule has 1 aromatic heterocycles. The fourth-order valence-corrected chi connectivity index (χ4v) is 1.08. The van der Waals surface area contributed by atoms with E-state index in [2.05, 4.69) is 29.4 Å². The number of nitrogens with one attached hydrogen (secondary N) is 1. The van der Waals surface area contributed by atoms with Crippen LogP contribution in [0.3, 0.4) is 0 Å². The zero-order valence-corrected chi connectivity index (χ0v) is 11.8. The summed E-state index contributed by atoms with van der Waals surface area (Å²) in [5, 5.41) is 20.4. The van der Waals surface area contributed by atoms with Crippen LogP contribution in [-0.2, 0) is 5.41 Å². The quantitative estimate of drug-likeness (QED) is 0.814. The largest absolute Gasteiger partial charge is 0.420 e. The summed E-state index contributed by atoms with van der Waals surface area (Å²) in [6.07, 6.45) is -0.883. The molecule has 0 aromatic carbocycles. The van der Waals surface area contributed by atoms with E-state index in [1.165, 1.54) is 0 Å². The van der Waals surface area contributed by atoms with E-state index < -0.39 is 6.23 Å². The van der Waals surface area contributed by atoms with Gasteiger partial charge >= 0.3 is 0 Å². The highest BCUT2D eigenvalue weighted by Gasteiger charge is 2.23. The fraction of sp³-hybridized carbons (Fsp3) is 0.818. The molecule has 100 valence electrons. The lowest BCUT2D eigenvalue weighted by Gasteiger charge is -2.13. The van der Waals surface area contributed by atoms with Gasteiger partial charge in [0, 0.05) is 12.0 Å². The number of aromatic nitrogens is 2. The van der Waals surface area contributed by atoms with Gasteiger partial charge < -0.3 is 9.52 Å². The maximum absolute atomic E-state index is 9.74. The first-order valence-corrected chi connectivity index (χ1v) is 5.56. The van der Waals surface area contributed by atoms with E-state index in [9.17, 15) is 5.11 Å². The van der Waals surface area contributed by atoms with Crippen LogP contribution in [0.1, 0.15) is 52.6 Å². The first-order chi connectivity index (χ1) is 7.30. The van der Waals surface area contributed by atoms with Crippen LogP contribution in [0.15, 0.2) is 4.42 Å². The van der Waals surface area contributed by atoms with Crippen LogP contribution < -0.4 is 5.32 Å². The minimum absolute atomic E-state index is 0. The Morgan fingerprint density at radius 1 is 1.29 bits per heavy atom. The Morgan fingerprint density at radius 3 is 2.29 bits per heavy atom. The number of nitrogens with zero attached hydrogens (tertiary/aromatic N) is 2. The van der Waals surface area contributed by atoms with Crippen molar-refractivity contribution in [1.29, 1.82) is 0 Å². The average molecular weight is 264 g/mol. The smallest absolute Gasteiger partial charge is 0.259 e. The van der Waals surface area contributed by atoms with Crippen LogP contribution in [0.4, 0.5) is 0 Å². The maximum Gasteiger partial charge on any atom is 0.259 e. The van der Waals surface area contributed by atoms with E-state index in [1.807, 2.05) is 20.8 Å². The van der Waals surface area contributed by atoms with Gasteiger partial charge in [-0.3, -0.25) is 5.32 Å². The van der Waals surface area contributed by atoms with Gasteiger partial charge in [-0.15, -0.1) is 22.6 Å². The molecule has 0 spiro atoms. The number of hydrogen-bond donors (Lipinski definition) is 2. The van der Waals surface area contributed by atoms with Gasteiger partial charge in [0.15, 0.2) is 6.23 Å². The molecule has 0 aliphatic heterocycles. The van der Waals surface area contributed by atoms with E-state index in [0.29, 0.717) is 18.4 Å². The Balaban J connectivity index is 0.00000256. The highest BCUT2D eigenvalue weighted by molar-refractivity contribution is 5.85. The SMILES string of the molecule is CC(C)CNC(O)c1nnc(C(C)(C)C)o1.Cl. The second kappa shape index (κ2) is 6.33. The second-order valence-corrected chi connectivity index (χ2v) is 5.40. The first kappa shape index (κ1) is 16.4. The van der Waals surface area contributed by atoms with Gasteiger partial charge in [0.2, 0.25) is 5.89 Å². The summed E-state index contributed by atoms with van der Waals surface area (Å²) in [6, 6.07) is 0. The molecule has 0 aliphatic carbocycles. The molecule has 0 amide bonds. The summed E-state index contributed by atoms with van der Waals surface area (Å²) in [5.74, 6) is 1.22. The normalized spacial score (nSPS) is 13.6. The Hall–Kier alpha value is -0.650. The molecule has 1 atom stereocenters. The second-order valence-electron chi connectivity index (χ2n) is 5.40. The number of halogens is 1. The Morgan fingerprint density at radius 2 is 1.88 bits per heavy atom. The summed E-state index contributed by atoms with van der Waals surface area (Å²) >= 11 is 0. The van der Waals surface area contributed by atoms with Crippen molar-refractivity contribution in [1.82, 2.24) is 15.5 Å². The molecule has 0 bridgehead atoms. The summed E-state index contributed by atoms with van der Waals surface area (Å²) in [5.41, 5.74) is -0.191.